The summed E-state index contributed by atoms with van der Waals surface area (Å²) in [6.07, 6.45) is 3.06. The van der Waals surface area contributed by atoms with Gasteiger partial charge in [0, 0.05) is 38.3 Å². The van der Waals surface area contributed by atoms with Gasteiger partial charge in [-0.05, 0) is 36.1 Å². The molecule has 8 heteroatoms. The summed E-state index contributed by atoms with van der Waals surface area (Å²) >= 11 is 0. The molecular formula is C25H27N5O3. The summed E-state index contributed by atoms with van der Waals surface area (Å²) in [5, 5.41) is 14.3. The number of nitrogens with one attached hydrogen (secondary N) is 1. The lowest BCUT2D eigenvalue weighted by atomic mass is 9.94. The first-order valence-electron chi connectivity index (χ1n) is 11.5. The van der Waals surface area contributed by atoms with E-state index >= 15 is 0 Å². The molecule has 4 heterocycles. The molecule has 8 nitrogen and oxygen atoms in total. The van der Waals surface area contributed by atoms with Gasteiger partial charge in [-0.25, -0.2) is 9.97 Å². The first kappa shape index (κ1) is 20.3. The van der Waals surface area contributed by atoms with E-state index in [4.69, 9.17) is 9.47 Å². The Bertz CT molecular complexity index is 1160. The average molecular weight is 446 g/mol. The van der Waals surface area contributed by atoms with Crippen LogP contribution in [-0.2, 0) is 13.0 Å². The van der Waals surface area contributed by atoms with Crippen LogP contribution < -0.4 is 19.7 Å². The topological polar surface area (TPSA) is 83.0 Å². The Morgan fingerprint density at radius 3 is 2.82 bits per heavy atom. The molecule has 0 aliphatic carbocycles. The summed E-state index contributed by atoms with van der Waals surface area (Å²) in [6, 6.07) is 16.4. The van der Waals surface area contributed by atoms with E-state index in [1.807, 2.05) is 24.3 Å². The zero-order valence-electron chi connectivity index (χ0n) is 18.4. The number of benzene rings is 2. The molecule has 0 saturated carbocycles. The van der Waals surface area contributed by atoms with Gasteiger partial charge < -0.3 is 24.8 Å². The third kappa shape index (κ3) is 3.96. The van der Waals surface area contributed by atoms with Crippen molar-refractivity contribution in [3.8, 4) is 11.5 Å². The number of hydrogen-bond acceptors (Lipinski definition) is 8. The number of aliphatic hydroxyl groups is 1. The van der Waals surface area contributed by atoms with Crippen molar-refractivity contribution in [2.24, 2.45) is 0 Å². The molecule has 3 aliphatic heterocycles. The molecule has 6 rings (SSSR count). The molecular weight excluding hydrogens is 418 g/mol. The summed E-state index contributed by atoms with van der Waals surface area (Å²) in [4.78, 5) is 13.4. The monoisotopic (exact) mass is 445 g/mol. The van der Waals surface area contributed by atoms with Crippen LogP contribution in [0.4, 0.5) is 17.3 Å². The maximum atomic E-state index is 11.0. The Labute approximate surface area is 192 Å². The van der Waals surface area contributed by atoms with E-state index in [1.165, 1.54) is 11.1 Å². The number of aromatic nitrogens is 2. The maximum Gasteiger partial charge on any atom is 0.231 e. The van der Waals surface area contributed by atoms with Gasteiger partial charge in [0.15, 0.2) is 11.5 Å². The zero-order chi connectivity index (χ0) is 22.2. The Kier molecular flexibility index (Phi) is 5.24. The summed E-state index contributed by atoms with van der Waals surface area (Å²) in [6.45, 7) is 3.52. The SMILES string of the molecule is O[C@H]1CN(c2cc(Nc3cccc4c3OCO4)ncn2)CCC1N1CCc2ccccc2C1. The third-order valence-corrected chi connectivity index (χ3v) is 6.81. The normalized spacial score (nSPS) is 22.2. The Hall–Kier alpha value is -3.36. The van der Waals surface area contributed by atoms with E-state index in [1.54, 1.807) is 6.33 Å². The van der Waals surface area contributed by atoms with E-state index in [0.717, 1.165) is 49.7 Å². The van der Waals surface area contributed by atoms with Crippen molar-refractivity contribution < 1.29 is 14.6 Å². The second-order valence-electron chi connectivity index (χ2n) is 8.78. The van der Waals surface area contributed by atoms with Crippen LogP contribution >= 0.6 is 0 Å². The molecule has 3 aliphatic rings. The van der Waals surface area contributed by atoms with Crippen molar-refractivity contribution in [3.05, 3.63) is 66.0 Å². The molecule has 0 spiro atoms. The maximum absolute atomic E-state index is 11.0. The van der Waals surface area contributed by atoms with Crippen molar-refractivity contribution in [2.75, 3.05) is 36.6 Å². The van der Waals surface area contributed by atoms with Crippen LogP contribution in [0.15, 0.2) is 54.9 Å². The quantitative estimate of drug-likeness (QED) is 0.634. The molecule has 2 aromatic carbocycles. The van der Waals surface area contributed by atoms with Crippen molar-refractivity contribution in [1.82, 2.24) is 14.9 Å². The van der Waals surface area contributed by atoms with E-state index in [-0.39, 0.29) is 12.8 Å². The Morgan fingerprint density at radius 2 is 1.91 bits per heavy atom. The third-order valence-electron chi connectivity index (χ3n) is 6.81. The molecule has 170 valence electrons. The largest absolute Gasteiger partial charge is 0.454 e. The molecule has 33 heavy (non-hydrogen) atoms. The fraction of sp³-hybridized carbons (Fsp3) is 0.360. The lowest BCUT2D eigenvalue weighted by Gasteiger charge is -2.43. The number of fused-ring (bicyclic) bond motifs is 2. The van der Waals surface area contributed by atoms with Crippen molar-refractivity contribution >= 4 is 17.3 Å². The molecule has 2 N–H and O–H groups in total. The summed E-state index contributed by atoms with van der Waals surface area (Å²) in [7, 11) is 0. The molecule has 0 bridgehead atoms. The fourth-order valence-corrected chi connectivity index (χ4v) is 5.11. The molecule has 1 saturated heterocycles. The Balaban J connectivity index is 1.13. The average Bonchev–Trinajstić information content (AvgIpc) is 3.34. The first-order valence-corrected chi connectivity index (χ1v) is 11.5. The number of nitrogens with zero attached hydrogens (tertiary/aromatic N) is 4. The smallest absolute Gasteiger partial charge is 0.231 e. The molecule has 1 aromatic heterocycles. The standard InChI is InChI=1S/C25H27N5O3/c31-21-14-30(11-9-20(21)29-10-8-17-4-1-2-5-18(17)13-29)24-12-23(26-15-27-24)28-19-6-3-7-22-25(19)33-16-32-22/h1-7,12,15,20-21,31H,8-11,13-14,16H2,(H,26,27,28)/t20?,21-/m0/s1. The Morgan fingerprint density at radius 1 is 1.00 bits per heavy atom. The number of rotatable bonds is 4. The van der Waals surface area contributed by atoms with Crippen LogP contribution in [0.25, 0.3) is 0 Å². The number of ether oxygens (including phenoxy) is 2. The van der Waals surface area contributed by atoms with Gasteiger partial charge in [-0.1, -0.05) is 30.3 Å². The number of β-amino-alcohol motifs (C(OH)–C–C–N with tert-alkyl or cyclic N) is 1. The lowest BCUT2D eigenvalue weighted by molar-refractivity contribution is 0.0293. The molecule has 0 radical (unpaired) electrons. The van der Waals surface area contributed by atoms with E-state index < -0.39 is 6.10 Å². The van der Waals surface area contributed by atoms with Crippen LogP contribution in [0, 0.1) is 0 Å². The molecule has 1 fully saturated rings. The number of hydrogen-bond donors (Lipinski definition) is 2. The second kappa shape index (κ2) is 8.53. The lowest BCUT2D eigenvalue weighted by Crippen LogP contribution is -2.55. The van der Waals surface area contributed by atoms with Gasteiger partial charge in [0.2, 0.25) is 6.79 Å². The molecule has 2 atom stereocenters. The molecule has 1 unspecified atom stereocenters. The number of para-hydroxylation sites is 1. The van der Waals surface area contributed by atoms with E-state index in [9.17, 15) is 5.11 Å². The number of piperidine rings is 1. The highest BCUT2D eigenvalue weighted by Gasteiger charge is 2.34. The van der Waals surface area contributed by atoms with Gasteiger partial charge in [0.25, 0.3) is 0 Å². The van der Waals surface area contributed by atoms with Crippen molar-refractivity contribution in [2.45, 2.75) is 31.5 Å². The second-order valence-corrected chi connectivity index (χ2v) is 8.78. The van der Waals surface area contributed by atoms with Gasteiger partial charge >= 0.3 is 0 Å². The predicted molar refractivity (Wildman–Crippen MR) is 125 cm³/mol. The minimum absolute atomic E-state index is 0.165. The van der Waals surface area contributed by atoms with Gasteiger partial charge in [-0.15, -0.1) is 0 Å². The number of anilines is 3. The zero-order valence-corrected chi connectivity index (χ0v) is 18.4. The first-order chi connectivity index (χ1) is 16.2. The van der Waals surface area contributed by atoms with Crippen LogP contribution in [0.3, 0.4) is 0 Å². The molecule has 3 aromatic rings. The van der Waals surface area contributed by atoms with Gasteiger partial charge in [-0.3, -0.25) is 4.90 Å². The van der Waals surface area contributed by atoms with Crippen molar-refractivity contribution in [1.29, 1.82) is 0 Å². The fourth-order valence-electron chi connectivity index (χ4n) is 5.11. The summed E-state index contributed by atoms with van der Waals surface area (Å²) < 4.78 is 11.0. The predicted octanol–water partition coefficient (Wildman–Crippen LogP) is 2.95. The van der Waals surface area contributed by atoms with Crippen LogP contribution in [0.5, 0.6) is 11.5 Å². The minimum Gasteiger partial charge on any atom is -0.454 e. The van der Waals surface area contributed by atoms with Gasteiger partial charge in [0.1, 0.15) is 18.0 Å². The highest BCUT2D eigenvalue weighted by Crippen LogP contribution is 2.40. The van der Waals surface area contributed by atoms with Crippen molar-refractivity contribution in [3.63, 3.8) is 0 Å². The summed E-state index contributed by atoms with van der Waals surface area (Å²) in [5.74, 6) is 2.89. The van der Waals surface area contributed by atoms with Crippen LogP contribution in [0.1, 0.15) is 17.5 Å². The van der Waals surface area contributed by atoms with E-state index in [0.29, 0.717) is 18.1 Å². The highest BCUT2D eigenvalue weighted by atomic mass is 16.7. The molecule has 0 amide bonds. The number of aliphatic hydroxyl groups excluding tert-OH is 1. The highest BCUT2D eigenvalue weighted by molar-refractivity contribution is 5.70. The van der Waals surface area contributed by atoms with Crippen LogP contribution in [-0.4, -0.2) is 58.5 Å². The summed E-state index contributed by atoms with van der Waals surface area (Å²) in [5.41, 5.74) is 3.62. The van der Waals surface area contributed by atoms with Gasteiger partial charge in [0.05, 0.1) is 11.8 Å². The van der Waals surface area contributed by atoms with Gasteiger partial charge in [-0.2, -0.15) is 0 Å². The van der Waals surface area contributed by atoms with Crippen LogP contribution in [0.2, 0.25) is 0 Å². The minimum atomic E-state index is -0.432. The van der Waals surface area contributed by atoms with E-state index in [2.05, 4.69) is 49.4 Å².